The predicted octanol–water partition coefficient (Wildman–Crippen LogP) is 3.60. The van der Waals surface area contributed by atoms with Gasteiger partial charge in [-0.3, -0.25) is 4.79 Å². The molecule has 0 unspecified atom stereocenters. The lowest BCUT2D eigenvalue weighted by atomic mass is 10.1. The van der Waals surface area contributed by atoms with Gasteiger partial charge in [0, 0.05) is 4.47 Å². The topological polar surface area (TPSA) is 66.4 Å². The highest BCUT2D eigenvalue weighted by Gasteiger charge is 2.19. The van der Waals surface area contributed by atoms with Crippen LogP contribution in [0.25, 0.3) is 0 Å². The predicted molar refractivity (Wildman–Crippen MR) is 73.3 cm³/mol. The number of amides is 1. The minimum absolute atomic E-state index is 0.0715. The van der Waals surface area contributed by atoms with Crippen molar-refractivity contribution >= 4 is 44.8 Å². The fraction of sp³-hybridized carbons (Fsp3) is 0. The molecule has 0 bridgehead atoms. The summed E-state index contributed by atoms with van der Waals surface area (Å²) in [4.78, 5) is 23.3. The number of carbonyl (C=O) groups is 2. The molecule has 0 radical (unpaired) electrons. The summed E-state index contributed by atoms with van der Waals surface area (Å²) < 4.78 is 14.0. The Labute approximate surface area is 120 Å². The van der Waals surface area contributed by atoms with E-state index in [-0.39, 0.29) is 5.69 Å². The van der Waals surface area contributed by atoms with Crippen molar-refractivity contribution in [2.75, 3.05) is 5.32 Å². The third kappa shape index (κ3) is 2.82. The number of halogens is 2. The summed E-state index contributed by atoms with van der Waals surface area (Å²) in [6, 6.07) is 5.40. The standard InChI is InChI=1S/C12H7BrFNO3S/c13-6-4-5-19-10(6)11(16)15-8-3-1-2-7(14)9(8)12(17)18/h1-5H,(H,15,16)(H,17,18). The van der Waals surface area contributed by atoms with Crippen molar-refractivity contribution in [3.63, 3.8) is 0 Å². The molecule has 2 N–H and O–H groups in total. The van der Waals surface area contributed by atoms with Gasteiger partial charge in [-0.05, 0) is 39.5 Å². The number of hydrogen-bond acceptors (Lipinski definition) is 3. The van der Waals surface area contributed by atoms with Gasteiger partial charge in [0.1, 0.15) is 16.3 Å². The third-order valence-corrected chi connectivity index (χ3v) is 4.14. The molecule has 0 saturated carbocycles. The smallest absolute Gasteiger partial charge is 0.340 e. The Morgan fingerprint density at radius 3 is 2.63 bits per heavy atom. The van der Waals surface area contributed by atoms with E-state index in [1.807, 2.05) is 0 Å². The van der Waals surface area contributed by atoms with E-state index in [0.29, 0.717) is 9.35 Å². The van der Waals surface area contributed by atoms with Gasteiger partial charge in [0.15, 0.2) is 0 Å². The molecule has 1 aromatic carbocycles. The van der Waals surface area contributed by atoms with Crippen LogP contribution in [0.15, 0.2) is 34.1 Å². The number of hydrogen-bond donors (Lipinski definition) is 2. The van der Waals surface area contributed by atoms with Gasteiger partial charge >= 0.3 is 5.97 Å². The van der Waals surface area contributed by atoms with E-state index in [9.17, 15) is 14.0 Å². The van der Waals surface area contributed by atoms with Gasteiger partial charge in [0.2, 0.25) is 0 Å². The number of thiophene rings is 1. The molecule has 0 aliphatic carbocycles. The molecule has 1 aromatic heterocycles. The number of benzene rings is 1. The molecular weight excluding hydrogens is 337 g/mol. The van der Waals surface area contributed by atoms with Crippen LogP contribution in [0.4, 0.5) is 10.1 Å². The van der Waals surface area contributed by atoms with Gasteiger partial charge in [-0.15, -0.1) is 11.3 Å². The first-order valence-corrected chi connectivity index (χ1v) is 6.74. The number of carboxylic acids is 1. The molecular formula is C12H7BrFNO3S. The lowest BCUT2D eigenvalue weighted by Gasteiger charge is -2.08. The van der Waals surface area contributed by atoms with Crippen LogP contribution in [-0.2, 0) is 0 Å². The lowest BCUT2D eigenvalue weighted by molar-refractivity contribution is 0.0693. The van der Waals surface area contributed by atoms with Crippen LogP contribution in [0.5, 0.6) is 0 Å². The quantitative estimate of drug-likeness (QED) is 0.894. The van der Waals surface area contributed by atoms with Gasteiger partial charge in [0.25, 0.3) is 5.91 Å². The van der Waals surface area contributed by atoms with E-state index in [0.717, 1.165) is 6.07 Å². The number of carbonyl (C=O) groups excluding carboxylic acids is 1. The first-order chi connectivity index (χ1) is 9.00. The minimum atomic E-state index is -1.43. The summed E-state index contributed by atoms with van der Waals surface area (Å²) in [5.41, 5.74) is -0.624. The Morgan fingerprint density at radius 2 is 2.05 bits per heavy atom. The van der Waals surface area contributed by atoms with Gasteiger partial charge in [-0.1, -0.05) is 6.07 Å². The van der Waals surface area contributed by atoms with E-state index in [1.54, 1.807) is 11.4 Å². The number of nitrogens with one attached hydrogen (secondary N) is 1. The summed E-state index contributed by atoms with van der Waals surface area (Å²) in [5.74, 6) is -2.82. The Morgan fingerprint density at radius 1 is 1.32 bits per heavy atom. The summed E-state index contributed by atoms with van der Waals surface area (Å²) in [6.45, 7) is 0. The second-order valence-electron chi connectivity index (χ2n) is 3.52. The van der Waals surface area contributed by atoms with E-state index >= 15 is 0 Å². The zero-order valence-electron chi connectivity index (χ0n) is 9.31. The van der Waals surface area contributed by atoms with Gasteiger partial charge in [-0.2, -0.15) is 0 Å². The zero-order chi connectivity index (χ0) is 14.0. The number of carboxylic acid groups (broad SMARTS) is 1. The second-order valence-corrected chi connectivity index (χ2v) is 5.29. The molecule has 2 rings (SSSR count). The Kier molecular flexibility index (Phi) is 3.96. The molecule has 1 amide bonds. The highest BCUT2D eigenvalue weighted by Crippen LogP contribution is 2.25. The molecule has 0 saturated heterocycles. The van der Waals surface area contributed by atoms with Crippen LogP contribution < -0.4 is 5.32 Å². The van der Waals surface area contributed by atoms with Crippen LogP contribution in [0, 0.1) is 5.82 Å². The molecule has 98 valence electrons. The Bertz CT molecular complexity index is 656. The maximum atomic E-state index is 13.4. The minimum Gasteiger partial charge on any atom is -0.478 e. The average Bonchev–Trinajstić information content (AvgIpc) is 2.75. The molecule has 4 nitrogen and oxygen atoms in total. The van der Waals surface area contributed by atoms with Crippen LogP contribution in [0.2, 0.25) is 0 Å². The molecule has 0 fully saturated rings. The summed E-state index contributed by atoms with van der Waals surface area (Å²) in [7, 11) is 0. The molecule has 0 aliphatic rings. The molecule has 7 heteroatoms. The molecule has 0 aliphatic heterocycles. The number of rotatable bonds is 3. The van der Waals surface area contributed by atoms with E-state index in [2.05, 4.69) is 21.2 Å². The average molecular weight is 344 g/mol. The van der Waals surface area contributed by atoms with Crippen LogP contribution in [0.3, 0.4) is 0 Å². The maximum absolute atomic E-state index is 13.4. The summed E-state index contributed by atoms with van der Waals surface area (Å²) in [6.07, 6.45) is 0. The monoisotopic (exact) mass is 343 g/mol. The van der Waals surface area contributed by atoms with Crippen molar-refractivity contribution < 1.29 is 19.1 Å². The van der Waals surface area contributed by atoms with Crippen molar-refractivity contribution in [1.29, 1.82) is 0 Å². The van der Waals surface area contributed by atoms with Gasteiger partial charge in [0.05, 0.1) is 5.69 Å². The maximum Gasteiger partial charge on any atom is 0.340 e. The Balaban J connectivity index is 2.35. The van der Waals surface area contributed by atoms with E-state index in [1.165, 1.54) is 23.5 Å². The highest BCUT2D eigenvalue weighted by molar-refractivity contribution is 9.10. The fourth-order valence-corrected chi connectivity index (χ4v) is 2.93. The first-order valence-electron chi connectivity index (χ1n) is 5.07. The largest absolute Gasteiger partial charge is 0.478 e. The highest BCUT2D eigenvalue weighted by atomic mass is 79.9. The third-order valence-electron chi connectivity index (χ3n) is 2.30. The normalized spacial score (nSPS) is 10.2. The van der Waals surface area contributed by atoms with Crippen molar-refractivity contribution in [1.82, 2.24) is 0 Å². The number of anilines is 1. The second kappa shape index (κ2) is 5.50. The van der Waals surface area contributed by atoms with Crippen molar-refractivity contribution in [3.8, 4) is 0 Å². The molecule has 19 heavy (non-hydrogen) atoms. The summed E-state index contributed by atoms with van der Waals surface area (Å²) >= 11 is 4.40. The molecule has 2 aromatic rings. The first kappa shape index (κ1) is 13.7. The van der Waals surface area contributed by atoms with Crippen molar-refractivity contribution in [2.45, 2.75) is 0 Å². The van der Waals surface area contributed by atoms with Crippen molar-refractivity contribution in [3.05, 3.63) is 50.4 Å². The van der Waals surface area contributed by atoms with Crippen LogP contribution in [0.1, 0.15) is 20.0 Å². The molecule has 1 heterocycles. The van der Waals surface area contributed by atoms with E-state index in [4.69, 9.17) is 5.11 Å². The zero-order valence-corrected chi connectivity index (χ0v) is 11.7. The van der Waals surface area contributed by atoms with Gasteiger partial charge in [-0.25, -0.2) is 9.18 Å². The number of aromatic carboxylic acids is 1. The lowest BCUT2D eigenvalue weighted by Crippen LogP contribution is -2.15. The van der Waals surface area contributed by atoms with Crippen LogP contribution in [-0.4, -0.2) is 17.0 Å². The van der Waals surface area contributed by atoms with Crippen molar-refractivity contribution in [2.24, 2.45) is 0 Å². The fourth-order valence-electron chi connectivity index (χ4n) is 1.48. The van der Waals surface area contributed by atoms with E-state index < -0.39 is 23.3 Å². The molecule has 0 spiro atoms. The SMILES string of the molecule is O=C(Nc1cccc(F)c1C(=O)O)c1sccc1Br. The van der Waals surface area contributed by atoms with Gasteiger partial charge < -0.3 is 10.4 Å². The summed E-state index contributed by atoms with van der Waals surface area (Å²) in [5, 5.41) is 13.1. The molecule has 0 atom stereocenters. The Hall–Kier alpha value is -1.73. The van der Waals surface area contributed by atoms with Crippen LogP contribution >= 0.6 is 27.3 Å².